The Labute approximate surface area is 104 Å². The molecular weight excluding hydrogens is 325 g/mol. The highest BCUT2D eigenvalue weighted by Crippen LogP contribution is 2.25. The number of nitrogens with one attached hydrogen (secondary N) is 1. The van der Waals surface area contributed by atoms with E-state index in [1.165, 1.54) is 0 Å². The number of imide groups is 1. The van der Waals surface area contributed by atoms with Crippen LogP contribution in [0.4, 0.5) is 4.79 Å². The van der Waals surface area contributed by atoms with Crippen molar-refractivity contribution in [3.63, 3.8) is 0 Å². The van der Waals surface area contributed by atoms with Crippen LogP contribution in [-0.4, -0.2) is 11.1 Å². The molecule has 1 N–H and O–H groups in total. The summed E-state index contributed by atoms with van der Waals surface area (Å²) in [4.78, 5) is 22.6. The second-order valence-corrected chi connectivity index (χ2v) is 5.17. The molecule has 0 aliphatic carbocycles. The lowest BCUT2D eigenvalue weighted by Crippen LogP contribution is -2.17. The zero-order valence-electron chi connectivity index (χ0n) is 7.49. The van der Waals surface area contributed by atoms with Gasteiger partial charge in [0.2, 0.25) is 0 Å². The van der Waals surface area contributed by atoms with Crippen molar-refractivity contribution in [2.24, 2.45) is 0 Å². The van der Waals surface area contributed by atoms with Crippen LogP contribution in [0.5, 0.6) is 0 Å². The molecule has 1 aliphatic rings. The predicted molar refractivity (Wildman–Crippen MR) is 68.3 cm³/mol. The van der Waals surface area contributed by atoms with Crippen LogP contribution < -0.4 is 5.32 Å². The van der Waals surface area contributed by atoms with Gasteiger partial charge in [-0.3, -0.25) is 14.9 Å². The average Bonchev–Trinajstić information content (AvgIpc) is 2.45. The Kier molecular flexibility index (Phi) is 3.11. The van der Waals surface area contributed by atoms with Crippen molar-refractivity contribution in [1.82, 2.24) is 5.32 Å². The van der Waals surface area contributed by atoms with E-state index < -0.39 is 0 Å². The molecule has 1 aromatic carbocycles. The highest BCUT2D eigenvalue weighted by atomic mass is 127. The second kappa shape index (κ2) is 4.36. The fourth-order valence-corrected chi connectivity index (χ4v) is 2.42. The lowest BCUT2D eigenvalue weighted by atomic mass is 10.2. The van der Waals surface area contributed by atoms with Crippen molar-refractivity contribution in [2.45, 2.75) is 0 Å². The Bertz CT molecular complexity index is 470. The molecule has 2 amide bonds. The quantitative estimate of drug-likeness (QED) is 0.636. The fraction of sp³-hybridized carbons (Fsp3) is 0. The summed E-state index contributed by atoms with van der Waals surface area (Å²) in [5, 5.41) is 1.91. The molecule has 1 heterocycles. The van der Waals surface area contributed by atoms with Crippen LogP contribution in [0, 0.1) is 3.57 Å². The zero-order chi connectivity index (χ0) is 10.8. The van der Waals surface area contributed by atoms with Gasteiger partial charge in [-0.2, -0.15) is 0 Å². The van der Waals surface area contributed by atoms with Gasteiger partial charge < -0.3 is 0 Å². The molecule has 1 aliphatic heterocycles. The molecule has 0 atom stereocenters. The molecule has 15 heavy (non-hydrogen) atoms. The Hall–Kier alpha value is -0.820. The van der Waals surface area contributed by atoms with Crippen molar-refractivity contribution < 1.29 is 9.59 Å². The fourth-order valence-electron chi connectivity index (χ4n) is 1.17. The molecule has 0 aromatic heterocycles. The van der Waals surface area contributed by atoms with Gasteiger partial charge in [-0.05, 0) is 58.1 Å². The third-order valence-electron chi connectivity index (χ3n) is 1.79. The number of halogens is 1. The number of hydrogen-bond donors (Lipinski definition) is 1. The maximum absolute atomic E-state index is 11.3. The number of amides is 2. The Morgan fingerprint density at radius 3 is 2.73 bits per heavy atom. The van der Waals surface area contributed by atoms with Gasteiger partial charge >= 0.3 is 0 Å². The minimum Gasteiger partial charge on any atom is -0.282 e. The highest BCUT2D eigenvalue weighted by Gasteiger charge is 2.24. The van der Waals surface area contributed by atoms with E-state index in [9.17, 15) is 9.59 Å². The zero-order valence-corrected chi connectivity index (χ0v) is 10.5. The maximum atomic E-state index is 11.3. The van der Waals surface area contributed by atoms with Crippen LogP contribution in [0.25, 0.3) is 6.08 Å². The summed E-state index contributed by atoms with van der Waals surface area (Å²) in [7, 11) is 0. The summed E-state index contributed by atoms with van der Waals surface area (Å²) in [6, 6.07) is 7.72. The van der Waals surface area contributed by atoms with E-state index in [-0.39, 0.29) is 11.1 Å². The lowest BCUT2D eigenvalue weighted by Gasteiger charge is -1.95. The molecule has 1 fully saturated rings. The first-order valence-corrected chi connectivity index (χ1v) is 6.05. The first kappa shape index (κ1) is 10.7. The van der Waals surface area contributed by atoms with Gasteiger partial charge in [0.25, 0.3) is 11.1 Å². The van der Waals surface area contributed by atoms with E-state index in [0.29, 0.717) is 4.91 Å². The molecule has 0 saturated carbocycles. The molecule has 0 unspecified atom stereocenters. The highest BCUT2D eigenvalue weighted by molar-refractivity contribution is 14.1. The number of benzene rings is 1. The number of thioether (sulfide) groups is 1. The number of carbonyl (C=O) groups is 2. The Morgan fingerprint density at radius 1 is 1.33 bits per heavy atom. The maximum Gasteiger partial charge on any atom is 0.290 e. The summed E-state index contributed by atoms with van der Waals surface area (Å²) in [5.74, 6) is -0.316. The van der Waals surface area contributed by atoms with Crippen LogP contribution >= 0.6 is 34.4 Å². The molecule has 1 saturated heterocycles. The van der Waals surface area contributed by atoms with E-state index in [4.69, 9.17) is 0 Å². The van der Waals surface area contributed by atoms with Crippen LogP contribution in [0.15, 0.2) is 29.2 Å². The van der Waals surface area contributed by atoms with Crippen molar-refractivity contribution >= 4 is 51.6 Å². The van der Waals surface area contributed by atoms with Crippen molar-refractivity contribution in [1.29, 1.82) is 0 Å². The van der Waals surface area contributed by atoms with Crippen molar-refractivity contribution in [3.05, 3.63) is 38.3 Å². The van der Waals surface area contributed by atoms with E-state index >= 15 is 0 Å². The van der Waals surface area contributed by atoms with E-state index in [0.717, 1.165) is 20.9 Å². The van der Waals surface area contributed by atoms with Gasteiger partial charge in [-0.25, -0.2) is 0 Å². The van der Waals surface area contributed by atoms with Crippen LogP contribution in [0.2, 0.25) is 0 Å². The Morgan fingerprint density at radius 2 is 2.13 bits per heavy atom. The summed E-state index contributed by atoms with van der Waals surface area (Å²) in [6.07, 6.45) is 1.72. The first-order valence-electron chi connectivity index (χ1n) is 4.15. The minimum atomic E-state index is -0.316. The number of rotatable bonds is 1. The topological polar surface area (TPSA) is 46.2 Å². The monoisotopic (exact) mass is 331 g/mol. The lowest BCUT2D eigenvalue weighted by molar-refractivity contribution is -0.115. The van der Waals surface area contributed by atoms with E-state index in [1.54, 1.807) is 6.08 Å². The largest absolute Gasteiger partial charge is 0.290 e. The van der Waals surface area contributed by atoms with Crippen LogP contribution in [0.1, 0.15) is 5.56 Å². The molecule has 5 heteroatoms. The standard InChI is InChI=1S/C10H6INO2S/c11-7-3-1-2-6(4-7)5-8-9(13)12-10(14)15-8/h1-5H,(H,12,13,14). The summed E-state index contributed by atoms with van der Waals surface area (Å²) in [6.45, 7) is 0. The molecule has 0 bridgehead atoms. The molecule has 0 spiro atoms. The van der Waals surface area contributed by atoms with Crippen molar-refractivity contribution in [3.8, 4) is 0 Å². The molecule has 76 valence electrons. The van der Waals surface area contributed by atoms with Crippen molar-refractivity contribution in [2.75, 3.05) is 0 Å². The third kappa shape index (κ3) is 2.60. The summed E-state index contributed by atoms with van der Waals surface area (Å²) in [5.41, 5.74) is 0.925. The van der Waals surface area contributed by atoms with Gasteiger partial charge in [0.15, 0.2) is 0 Å². The van der Waals surface area contributed by atoms with Gasteiger partial charge in [-0.1, -0.05) is 12.1 Å². The van der Waals surface area contributed by atoms with Crippen LogP contribution in [0.3, 0.4) is 0 Å². The third-order valence-corrected chi connectivity index (χ3v) is 3.27. The molecule has 1 aromatic rings. The normalized spacial score (nSPS) is 18.3. The van der Waals surface area contributed by atoms with Crippen LogP contribution in [-0.2, 0) is 4.79 Å². The minimum absolute atomic E-state index is 0.308. The predicted octanol–water partition coefficient (Wildman–Crippen LogP) is 2.62. The van der Waals surface area contributed by atoms with E-state index in [2.05, 4.69) is 27.9 Å². The van der Waals surface area contributed by atoms with Gasteiger partial charge in [0.05, 0.1) is 4.91 Å². The molecular formula is C10H6INO2S. The summed E-state index contributed by atoms with van der Waals surface area (Å²) < 4.78 is 1.09. The SMILES string of the molecule is O=C1NC(=O)C(=Cc2cccc(I)c2)S1. The average molecular weight is 331 g/mol. The van der Waals surface area contributed by atoms with Gasteiger partial charge in [0.1, 0.15) is 0 Å². The van der Waals surface area contributed by atoms with Gasteiger partial charge in [-0.15, -0.1) is 0 Å². The number of hydrogen-bond acceptors (Lipinski definition) is 3. The smallest absolute Gasteiger partial charge is 0.282 e. The van der Waals surface area contributed by atoms with E-state index in [1.807, 2.05) is 24.3 Å². The summed E-state index contributed by atoms with van der Waals surface area (Å²) >= 11 is 3.13. The molecule has 2 rings (SSSR count). The van der Waals surface area contributed by atoms with Gasteiger partial charge in [0, 0.05) is 3.57 Å². The Balaban J connectivity index is 2.31. The number of carbonyl (C=O) groups excluding carboxylic acids is 2. The first-order chi connectivity index (χ1) is 7.15. The second-order valence-electron chi connectivity index (χ2n) is 2.91. The molecule has 3 nitrogen and oxygen atoms in total. The molecule has 0 radical (unpaired) electrons.